The van der Waals surface area contributed by atoms with Crippen molar-refractivity contribution in [3.05, 3.63) is 65.7 Å². The molecule has 0 saturated heterocycles. The van der Waals surface area contributed by atoms with Crippen LogP contribution in [0.5, 0.6) is 11.5 Å². The Hall–Kier alpha value is -3.39. The van der Waals surface area contributed by atoms with E-state index in [1.54, 1.807) is 61.2 Å². The molecule has 0 radical (unpaired) electrons. The topological polar surface area (TPSA) is 69.5 Å². The van der Waals surface area contributed by atoms with E-state index >= 15 is 0 Å². The molecule has 7 nitrogen and oxygen atoms in total. The van der Waals surface area contributed by atoms with Gasteiger partial charge in [0.15, 0.2) is 16.6 Å². The molecule has 0 fully saturated rings. The summed E-state index contributed by atoms with van der Waals surface area (Å²) >= 11 is 1.55. The average Bonchev–Trinajstić information content (AvgIpc) is 3.49. The van der Waals surface area contributed by atoms with Crippen LogP contribution in [-0.2, 0) is 6.54 Å². The van der Waals surface area contributed by atoms with Gasteiger partial charge in [0.2, 0.25) is 0 Å². The van der Waals surface area contributed by atoms with E-state index in [4.69, 9.17) is 14.5 Å². The number of nitrogens with zero attached hydrogens (tertiary/aromatic N) is 4. The summed E-state index contributed by atoms with van der Waals surface area (Å²) in [6.07, 6.45) is 6.23. The highest BCUT2D eigenvalue weighted by Gasteiger charge is 2.23. The Morgan fingerprint density at radius 1 is 1.09 bits per heavy atom. The van der Waals surface area contributed by atoms with E-state index in [-0.39, 0.29) is 5.91 Å². The molecule has 32 heavy (non-hydrogen) atoms. The van der Waals surface area contributed by atoms with Crippen molar-refractivity contribution in [1.82, 2.24) is 14.5 Å². The molecule has 2 aromatic heterocycles. The maximum absolute atomic E-state index is 13.6. The summed E-state index contributed by atoms with van der Waals surface area (Å²) in [7, 11) is 3.14. The third-order valence-corrected chi connectivity index (χ3v) is 6.61. The van der Waals surface area contributed by atoms with E-state index in [9.17, 15) is 4.79 Å². The highest BCUT2D eigenvalue weighted by molar-refractivity contribution is 7.22. The van der Waals surface area contributed by atoms with Crippen molar-refractivity contribution >= 4 is 32.6 Å². The second kappa shape index (κ2) is 9.40. The Morgan fingerprint density at radius 3 is 2.56 bits per heavy atom. The van der Waals surface area contributed by atoms with Gasteiger partial charge in [-0.3, -0.25) is 9.69 Å². The fourth-order valence-corrected chi connectivity index (χ4v) is 4.74. The van der Waals surface area contributed by atoms with Gasteiger partial charge in [-0.1, -0.05) is 23.5 Å². The molecule has 0 spiro atoms. The van der Waals surface area contributed by atoms with E-state index in [0.717, 1.165) is 34.3 Å². The van der Waals surface area contributed by atoms with Gasteiger partial charge in [0.05, 0.1) is 30.8 Å². The maximum Gasteiger partial charge on any atom is 0.260 e. The van der Waals surface area contributed by atoms with Gasteiger partial charge in [-0.2, -0.15) is 0 Å². The van der Waals surface area contributed by atoms with Crippen LogP contribution in [-0.4, -0.2) is 41.2 Å². The molecular weight excluding hydrogens is 424 g/mol. The third-order valence-electron chi connectivity index (χ3n) is 5.39. The molecule has 8 heteroatoms. The van der Waals surface area contributed by atoms with Crippen LogP contribution in [0.2, 0.25) is 0 Å². The van der Waals surface area contributed by atoms with Crippen LogP contribution in [0.15, 0.2) is 49.1 Å². The summed E-state index contributed by atoms with van der Waals surface area (Å²) in [6, 6.07) is 9.40. The normalized spacial score (nSPS) is 11.0. The number of carbonyl (C=O) groups is 1. The number of thiazole rings is 1. The number of anilines is 1. The number of benzene rings is 2. The largest absolute Gasteiger partial charge is 0.493 e. The zero-order chi connectivity index (χ0) is 22.7. The molecule has 1 amide bonds. The summed E-state index contributed by atoms with van der Waals surface area (Å²) in [4.78, 5) is 24.3. The van der Waals surface area contributed by atoms with Gasteiger partial charge in [0.1, 0.15) is 0 Å². The number of amides is 1. The molecule has 0 aliphatic rings. The lowest BCUT2D eigenvalue weighted by Crippen LogP contribution is -2.32. The van der Waals surface area contributed by atoms with Gasteiger partial charge >= 0.3 is 0 Å². The SMILES string of the molecule is COc1ccc(C(=O)N(CCCn2ccnc2)c2nc3c(C)ccc(C)c3s2)cc1OC. The van der Waals surface area contributed by atoms with E-state index in [1.807, 2.05) is 17.7 Å². The van der Waals surface area contributed by atoms with Crippen LogP contribution >= 0.6 is 11.3 Å². The molecule has 166 valence electrons. The molecule has 2 aromatic carbocycles. The lowest BCUT2D eigenvalue weighted by Gasteiger charge is -2.20. The quantitative estimate of drug-likeness (QED) is 0.383. The number of aryl methyl sites for hydroxylation is 3. The number of methoxy groups -OCH3 is 2. The zero-order valence-electron chi connectivity index (χ0n) is 18.7. The van der Waals surface area contributed by atoms with E-state index in [1.165, 1.54) is 0 Å². The number of rotatable bonds is 8. The molecule has 0 saturated carbocycles. The fraction of sp³-hybridized carbons (Fsp3) is 0.292. The maximum atomic E-state index is 13.6. The Bertz CT molecular complexity index is 1190. The van der Waals surface area contributed by atoms with Crippen LogP contribution in [0, 0.1) is 13.8 Å². The van der Waals surface area contributed by atoms with Crippen LogP contribution in [0.4, 0.5) is 5.13 Å². The molecule has 2 heterocycles. The highest BCUT2D eigenvalue weighted by atomic mass is 32.1. The average molecular weight is 451 g/mol. The number of ether oxygens (including phenoxy) is 2. The molecular formula is C24H26N4O3S. The van der Waals surface area contributed by atoms with Crippen molar-refractivity contribution in [3.63, 3.8) is 0 Å². The number of fused-ring (bicyclic) bond motifs is 1. The van der Waals surface area contributed by atoms with Gasteiger partial charge < -0.3 is 14.0 Å². The number of imidazole rings is 1. The van der Waals surface area contributed by atoms with E-state index in [2.05, 4.69) is 24.0 Å². The van der Waals surface area contributed by atoms with Crippen molar-refractivity contribution < 1.29 is 14.3 Å². The Morgan fingerprint density at radius 2 is 1.88 bits per heavy atom. The van der Waals surface area contributed by atoms with Gasteiger partial charge in [-0.05, 0) is 49.6 Å². The fourth-order valence-electron chi connectivity index (χ4n) is 3.60. The Labute approximate surface area is 191 Å². The number of aromatic nitrogens is 3. The highest BCUT2D eigenvalue weighted by Crippen LogP contribution is 2.35. The van der Waals surface area contributed by atoms with Gasteiger partial charge in [-0.15, -0.1) is 0 Å². The van der Waals surface area contributed by atoms with Crippen LogP contribution in [0.25, 0.3) is 10.2 Å². The summed E-state index contributed by atoms with van der Waals surface area (Å²) in [5.74, 6) is 0.987. The van der Waals surface area contributed by atoms with Gasteiger partial charge in [0.25, 0.3) is 5.91 Å². The predicted octanol–water partition coefficient (Wildman–Crippen LogP) is 4.86. The number of hydrogen-bond donors (Lipinski definition) is 0. The van der Waals surface area contributed by atoms with E-state index < -0.39 is 0 Å². The predicted molar refractivity (Wildman–Crippen MR) is 127 cm³/mol. The molecule has 4 rings (SSSR count). The number of carbonyl (C=O) groups excluding carboxylic acids is 1. The number of hydrogen-bond acceptors (Lipinski definition) is 6. The van der Waals surface area contributed by atoms with Crippen molar-refractivity contribution in [2.75, 3.05) is 25.7 Å². The summed E-state index contributed by atoms with van der Waals surface area (Å²) in [6.45, 7) is 5.41. The van der Waals surface area contributed by atoms with Crippen LogP contribution in [0.3, 0.4) is 0 Å². The molecule has 0 unspecified atom stereocenters. The minimum Gasteiger partial charge on any atom is -0.493 e. The van der Waals surface area contributed by atoms with Gasteiger partial charge in [0, 0.05) is 31.0 Å². The first kappa shape index (κ1) is 21.8. The summed E-state index contributed by atoms with van der Waals surface area (Å²) < 4.78 is 13.8. The minimum atomic E-state index is -0.119. The molecule has 0 aliphatic carbocycles. The third kappa shape index (κ3) is 4.31. The summed E-state index contributed by atoms with van der Waals surface area (Å²) in [5.41, 5.74) is 3.74. The first-order valence-electron chi connectivity index (χ1n) is 10.4. The van der Waals surface area contributed by atoms with Gasteiger partial charge in [-0.25, -0.2) is 9.97 Å². The van der Waals surface area contributed by atoms with Crippen LogP contribution < -0.4 is 14.4 Å². The molecule has 0 atom stereocenters. The zero-order valence-corrected chi connectivity index (χ0v) is 19.5. The molecule has 0 aliphatic heterocycles. The van der Waals surface area contributed by atoms with Crippen molar-refractivity contribution in [2.45, 2.75) is 26.8 Å². The molecule has 0 bridgehead atoms. The second-order valence-electron chi connectivity index (χ2n) is 7.55. The second-order valence-corrected chi connectivity index (χ2v) is 8.53. The van der Waals surface area contributed by atoms with Crippen molar-refractivity contribution in [1.29, 1.82) is 0 Å². The van der Waals surface area contributed by atoms with Crippen LogP contribution in [0.1, 0.15) is 27.9 Å². The lowest BCUT2D eigenvalue weighted by atomic mass is 10.1. The lowest BCUT2D eigenvalue weighted by molar-refractivity contribution is 0.0986. The van der Waals surface area contributed by atoms with Crippen molar-refractivity contribution in [3.8, 4) is 11.5 Å². The van der Waals surface area contributed by atoms with Crippen molar-refractivity contribution in [2.24, 2.45) is 0 Å². The summed E-state index contributed by atoms with van der Waals surface area (Å²) in [5, 5.41) is 0.697. The Balaban J connectivity index is 1.69. The molecule has 0 N–H and O–H groups in total. The minimum absolute atomic E-state index is 0.119. The monoisotopic (exact) mass is 450 g/mol. The standard InChI is InChI=1S/C24H26N4O3S/c1-16-6-7-17(2)22-21(16)26-24(32-22)28(12-5-11-27-13-10-25-15-27)23(29)18-8-9-19(30-3)20(14-18)31-4/h6-10,13-15H,5,11-12H2,1-4H3. The first-order valence-corrected chi connectivity index (χ1v) is 11.2. The Kier molecular flexibility index (Phi) is 6.41. The van der Waals surface area contributed by atoms with E-state index in [0.29, 0.717) is 28.7 Å². The first-order chi connectivity index (χ1) is 15.5. The molecule has 4 aromatic rings. The smallest absolute Gasteiger partial charge is 0.260 e.